The van der Waals surface area contributed by atoms with E-state index in [0.29, 0.717) is 0 Å². The first-order chi connectivity index (χ1) is 21.3. The van der Waals surface area contributed by atoms with Gasteiger partial charge in [0.15, 0.2) is 5.58 Å². The molecule has 0 aliphatic heterocycles. The molecule has 6 aromatic carbocycles. The fourth-order valence-electron chi connectivity index (χ4n) is 6.59. The van der Waals surface area contributed by atoms with Gasteiger partial charge in [-0.15, -0.1) is 0 Å². The van der Waals surface area contributed by atoms with Crippen LogP contribution in [0.25, 0.3) is 66.4 Å². The quantitative estimate of drug-likeness (QED) is 0.164. The molecule has 0 aliphatic carbocycles. The Bertz CT molecular complexity index is 1960. The van der Waals surface area contributed by atoms with Crippen molar-refractivity contribution in [1.82, 2.24) is 4.98 Å². The number of aryl methyl sites for hydroxylation is 2. The Balaban J connectivity index is 1.55. The number of fused-ring (bicyclic) bond motifs is 3. The summed E-state index contributed by atoms with van der Waals surface area (Å²) in [6.07, 6.45) is 6.53. The number of hydrogen-bond acceptors (Lipinski definition) is 2. The number of rotatable bonds is 9. The van der Waals surface area contributed by atoms with Gasteiger partial charge in [0.25, 0.3) is 0 Å². The monoisotopic (exact) mass is 559 g/mol. The number of nitrogens with zero attached hydrogens (tertiary/aromatic N) is 1. The van der Waals surface area contributed by atoms with Gasteiger partial charge in [-0.3, -0.25) is 0 Å². The molecule has 0 spiro atoms. The van der Waals surface area contributed by atoms with Crippen LogP contribution in [0.1, 0.15) is 50.7 Å². The molecule has 0 radical (unpaired) electrons. The van der Waals surface area contributed by atoms with Crippen molar-refractivity contribution in [2.45, 2.75) is 52.4 Å². The van der Waals surface area contributed by atoms with Crippen LogP contribution in [0.4, 0.5) is 0 Å². The molecule has 0 unspecified atom stereocenters. The SMILES string of the molecule is CCCCc1cc(-c2c3ccccc3c(-c3ccccc3)c3ccccc23)c(CCCC)cc1-c1nc2ccccc2o1. The zero-order chi connectivity index (χ0) is 29.2. The van der Waals surface area contributed by atoms with Crippen molar-refractivity contribution >= 4 is 32.6 Å². The zero-order valence-corrected chi connectivity index (χ0v) is 25.1. The molecule has 2 heteroatoms. The minimum atomic E-state index is 0.728. The van der Waals surface area contributed by atoms with Gasteiger partial charge in [-0.1, -0.05) is 124 Å². The molecule has 2 nitrogen and oxygen atoms in total. The first-order valence-corrected chi connectivity index (χ1v) is 15.8. The van der Waals surface area contributed by atoms with E-state index in [2.05, 4.69) is 105 Å². The van der Waals surface area contributed by atoms with Gasteiger partial charge in [0.05, 0.1) is 0 Å². The minimum absolute atomic E-state index is 0.728. The van der Waals surface area contributed by atoms with Crippen LogP contribution < -0.4 is 0 Å². The second kappa shape index (κ2) is 11.9. The Labute approximate surface area is 254 Å². The molecule has 1 aromatic heterocycles. The van der Waals surface area contributed by atoms with E-state index in [1.807, 2.05) is 24.3 Å². The summed E-state index contributed by atoms with van der Waals surface area (Å²) < 4.78 is 6.37. The van der Waals surface area contributed by atoms with Gasteiger partial charge < -0.3 is 4.42 Å². The second-order valence-corrected chi connectivity index (χ2v) is 11.6. The van der Waals surface area contributed by atoms with E-state index in [9.17, 15) is 0 Å². The van der Waals surface area contributed by atoms with Crippen LogP contribution in [0.3, 0.4) is 0 Å². The van der Waals surface area contributed by atoms with Crippen molar-refractivity contribution in [2.75, 3.05) is 0 Å². The standard InChI is InChI=1S/C41H37NO/c1-3-5-16-29-27-36(41-42-37-24-14-15-25-38(37)43-41)30(17-6-4-2)26-35(29)40-33-22-12-10-20-31(33)39(28-18-8-7-9-19-28)32-21-11-13-23-34(32)40/h7-15,18-27H,3-6,16-17H2,1-2H3. The highest BCUT2D eigenvalue weighted by Crippen LogP contribution is 2.46. The Kier molecular flexibility index (Phi) is 7.51. The number of hydrogen-bond donors (Lipinski definition) is 0. The maximum Gasteiger partial charge on any atom is 0.227 e. The Morgan fingerprint density at radius 3 is 1.65 bits per heavy atom. The summed E-state index contributed by atoms with van der Waals surface area (Å²) in [5, 5.41) is 5.19. The molecule has 0 saturated carbocycles. The average molecular weight is 560 g/mol. The number of unbranched alkanes of at least 4 members (excludes halogenated alkanes) is 2. The van der Waals surface area contributed by atoms with Gasteiger partial charge >= 0.3 is 0 Å². The van der Waals surface area contributed by atoms with Crippen molar-refractivity contribution in [3.63, 3.8) is 0 Å². The third-order valence-electron chi connectivity index (χ3n) is 8.72. The molecule has 212 valence electrons. The number of aromatic nitrogens is 1. The van der Waals surface area contributed by atoms with E-state index in [1.54, 1.807) is 0 Å². The molecule has 1 heterocycles. The molecule has 43 heavy (non-hydrogen) atoms. The fourth-order valence-corrected chi connectivity index (χ4v) is 6.59. The summed E-state index contributed by atoms with van der Waals surface area (Å²) >= 11 is 0. The van der Waals surface area contributed by atoms with Crippen molar-refractivity contribution in [3.05, 3.63) is 126 Å². The first-order valence-electron chi connectivity index (χ1n) is 15.8. The maximum atomic E-state index is 6.37. The van der Waals surface area contributed by atoms with Crippen molar-refractivity contribution in [2.24, 2.45) is 0 Å². The van der Waals surface area contributed by atoms with Crippen molar-refractivity contribution < 1.29 is 4.42 Å². The molecule has 7 aromatic rings. The summed E-state index contributed by atoms with van der Waals surface area (Å²) in [6, 6.07) is 41.7. The molecule has 0 atom stereocenters. The highest BCUT2D eigenvalue weighted by atomic mass is 16.3. The lowest BCUT2D eigenvalue weighted by molar-refractivity contribution is 0.618. The predicted octanol–water partition coefficient (Wildman–Crippen LogP) is 11.8. The third-order valence-corrected chi connectivity index (χ3v) is 8.72. The summed E-state index contributed by atoms with van der Waals surface area (Å²) in [7, 11) is 0. The van der Waals surface area contributed by atoms with Crippen LogP contribution >= 0.6 is 0 Å². The van der Waals surface area contributed by atoms with E-state index in [-0.39, 0.29) is 0 Å². The van der Waals surface area contributed by atoms with Gasteiger partial charge in [-0.25, -0.2) is 4.98 Å². The van der Waals surface area contributed by atoms with Crippen molar-refractivity contribution in [1.29, 1.82) is 0 Å². The molecule has 0 aliphatic rings. The zero-order valence-electron chi connectivity index (χ0n) is 25.1. The predicted molar refractivity (Wildman–Crippen MR) is 183 cm³/mol. The first kappa shape index (κ1) is 27.2. The van der Waals surface area contributed by atoms with Crippen LogP contribution in [0.5, 0.6) is 0 Å². The summed E-state index contributed by atoms with van der Waals surface area (Å²) in [5.74, 6) is 0.728. The van der Waals surface area contributed by atoms with Gasteiger partial charge in [0, 0.05) is 5.56 Å². The van der Waals surface area contributed by atoms with E-state index >= 15 is 0 Å². The summed E-state index contributed by atoms with van der Waals surface area (Å²) in [6.45, 7) is 4.54. The number of oxazole rings is 1. The van der Waals surface area contributed by atoms with Gasteiger partial charge in [0.2, 0.25) is 5.89 Å². The van der Waals surface area contributed by atoms with Crippen LogP contribution in [0, 0.1) is 0 Å². The molecule has 7 rings (SSSR count). The lowest BCUT2D eigenvalue weighted by atomic mass is 9.82. The summed E-state index contributed by atoms with van der Waals surface area (Å²) in [5.41, 5.74) is 10.8. The maximum absolute atomic E-state index is 6.37. The number of para-hydroxylation sites is 2. The molecule has 0 amide bonds. The molecule has 0 bridgehead atoms. The molecular formula is C41H37NO. The molecular weight excluding hydrogens is 522 g/mol. The van der Waals surface area contributed by atoms with E-state index < -0.39 is 0 Å². The van der Waals surface area contributed by atoms with Crippen molar-refractivity contribution in [3.8, 4) is 33.7 Å². The largest absolute Gasteiger partial charge is 0.436 e. The number of benzene rings is 6. The van der Waals surface area contributed by atoms with E-state index in [1.165, 1.54) is 54.9 Å². The van der Waals surface area contributed by atoms with Crippen LogP contribution in [0.15, 0.2) is 120 Å². The fraction of sp³-hybridized carbons (Fsp3) is 0.195. The van der Waals surface area contributed by atoms with E-state index in [0.717, 1.165) is 61.1 Å². The molecule has 0 fully saturated rings. The normalized spacial score (nSPS) is 11.6. The highest BCUT2D eigenvalue weighted by molar-refractivity contribution is 6.21. The van der Waals surface area contributed by atoms with Gasteiger partial charge in [-0.05, 0) is 98.8 Å². The smallest absolute Gasteiger partial charge is 0.227 e. The van der Waals surface area contributed by atoms with Crippen LogP contribution in [0.2, 0.25) is 0 Å². The van der Waals surface area contributed by atoms with Crippen LogP contribution in [-0.2, 0) is 12.8 Å². The second-order valence-electron chi connectivity index (χ2n) is 11.6. The van der Waals surface area contributed by atoms with Gasteiger partial charge in [0.1, 0.15) is 5.52 Å². The van der Waals surface area contributed by atoms with Crippen LogP contribution in [-0.4, -0.2) is 4.98 Å². The highest BCUT2D eigenvalue weighted by Gasteiger charge is 2.21. The Morgan fingerprint density at radius 1 is 0.535 bits per heavy atom. The average Bonchev–Trinajstić information content (AvgIpc) is 3.50. The summed E-state index contributed by atoms with van der Waals surface area (Å²) in [4.78, 5) is 4.95. The minimum Gasteiger partial charge on any atom is -0.436 e. The molecule has 0 N–H and O–H groups in total. The lowest BCUT2D eigenvalue weighted by Gasteiger charge is -2.21. The lowest BCUT2D eigenvalue weighted by Crippen LogP contribution is -2.00. The molecule has 0 saturated heterocycles. The third kappa shape index (κ3) is 5.02. The van der Waals surface area contributed by atoms with E-state index in [4.69, 9.17) is 9.40 Å². The topological polar surface area (TPSA) is 26.0 Å². The Hall–Kier alpha value is -4.69. The van der Waals surface area contributed by atoms with Gasteiger partial charge in [-0.2, -0.15) is 0 Å². The Morgan fingerprint density at radius 2 is 1.05 bits per heavy atom.